The molecule has 0 radical (unpaired) electrons. The number of benzene rings is 2. The van der Waals surface area contributed by atoms with Crippen LogP contribution in [0.15, 0.2) is 60.0 Å². The number of carbonyl (C=O) groups excluding carboxylic acids is 1. The number of para-hydroxylation sites is 1. The second-order valence-corrected chi connectivity index (χ2v) is 13.6. The Balaban J connectivity index is 1.42. The van der Waals surface area contributed by atoms with Crippen LogP contribution in [0.2, 0.25) is 0 Å². The maximum atomic E-state index is 12.9. The summed E-state index contributed by atoms with van der Waals surface area (Å²) in [6, 6.07) is 17.4. The number of hydrogen-bond acceptors (Lipinski definition) is 7. The number of nitrogens with zero attached hydrogens (tertiary/aromatic N) is 2. The Morgan fingerprint density at radius 1 is 1.03 bits per heavy atom. The number of rotatable bonds is 7. The van der Waals surface area contributed by atoms with E-state index in [-0.39, 0.29) is 24.9 Å². The Morgan fingerprint density at radius 3 is 2.35 bits per heavy atom. The van der Waals surface area contributed by atoms with Crippen LogP contribution in [0.4, 0.5) is 5.69 Å². The first-order chi connectivity index (χ1) is 16.1. The van der Waals surface area contributed by atoms with Crippen molar-refractivity contribution in [1.29, 1.82) is 0 Å². The summed E-state index contributed by atoms with van der Waals surface area (Å²) < 4.78 is 48.7. The minimum absolute atomic E-state index is 0.0211. The number of carbonyl (C=O) groups is 1. The first kappa shape index (κ1) is 24.5. The van der Waals surface area contributed by atoms with E-state index in [4.69, 9.17) is 0 Å². The van der Waals surface area contributed by atoms with E-state index in [1.54, 1.807) is 5.38 Å². The van der Waals surface area contributed by atoms with Gasteiger partial charge < -0.3 is 5.32 Å². The third-order valence-corrected chi connectivity index (χ3v) is 10.6. The van der Waals surface area contributed by atoms with Gasteiger partial charge in [0.1, 0.15) is 5.69 Å². The van der Waals surface area contributed by atoms with Gasteiger partial charge in [0.2, 0.25) is 10.0 Å². The van der Waals surface area contributed by atoms with Crippen LogP contribution >= 0.6 is 11.3 Å². The average molecular weight is 520 g/mol. The SMILES string of the molecule is CS(=O)(=O)CS(=O)(=O)N1CCC(c2nc(C(=O)Nc3ccccc3-c3ccccc3)cs2)CC1. The molecule has 1 aliphatic heterocycles. The highest BCUT2D eigenvalue weighted by molar-refractivity contribution is 8.06. The van der Waals surface area contributed by atoms with E-state index >= 15 is 0 Å². The standard InChI is InChI=1S/C23H25N3O5S3/c1-33(28,29)16-34(30,31)26-13-11-18(12-14-26)23-25-21(15-32-23)22(27)24-20-10-6-5-9-19(20)17-7-3-2-4-8-17/h2-10,15,18H,11-14,16H2,1H3,(H,24,27). The van der Waals surface area contributed by atoms with E-state index in [0.29, 0.717) is 24.2 Å². The number of sulfonamides is 1. The number of aromatic nitrogens is 1. The van der Waals surface area contributed by atoms with Crippen molar-refractivity contribution in [1.82, 2.24) is 9.29 Å². The molecule has 1 fully saturated rings. The predicted molar refractivity (Wildman–Crippen MR) is 134 cm³/mol. The van der Waals surface area contributed by atoms with Crippen LogP contribution in [0, 0.1) is 0 Å². The molecule has 3 aromatic rings. The first-order valence-corrected chi connectivity index (χ1v) is 15.2. The lowest BCUT2D eigenvalue weighted by molar-refractivity contribution is 0.102. The number of hydrogen-bond donors (Lipinski definition) is 1. The lowest BCUT2D eigenvalue weighted by Gasteiger charge is -2.30. The molecule has 1 aromatic heterocycles. The lowest BCUT2D eigenvalue weighted by atomic mass is 9.99. The zero-order chi connectivity index (χ0) is 24.3. The van der Waals surface area contributed by atoms with Crippen molar-refractivity contribution in [3.05, 3.63) is 70.7 Å². The quantitative estimate of drug-likeness (QED) is 0.511. The van der Waals surface area contributed by atoms with E-state index in [1.807, 2.05) is 54.6 Å². The fourth-order valence-corrected chi connectivity index (χ4v) is 8.45. The Bertz CT molecular complexity index is 1380. The average Bonchev–Trinajstić information content (AvgIpc) is 3.29. The van der Waals surface area contributed by atoms with Crippen molar-refractivity contribution in [2.24, 2.45) is 0 Å². The van der Waals surface area contributed by atoms with Gasteiger partial charge in [-0.15, -0.1) is 11.3 Å². The van der Waals surface area contributed by atoms with E-state index in [2.05, 4.69) is 10.3 Å². The lowest BCUT2D eigenvalue weighted by Crippen LogP contribution is -2.40. The number of amides is 1. The highest BCUT2D eigenvalue weighted by Gasteiger charge is 2.32. The van der Waals surface area contributed by atoms with Crippen LogP contribution in [-0.4, -0.2) is 56.5 Å². The van der Waals surface area contributed by atoms with Crippen LogP contribution in [0.1, 0.15) is 34.3 Å². The molecule has 0 atom stereocenters. The molecule has 2 aromatic carbocycles. The van der Waals surface area contributed by atoms with Gasteiger partial charge in [0.15, 0.2) is 14.9 Å². The van der Waals surface area contributed by atoms with Crippen LogP contribution in [-0.2, 0) is 19.9 Å². The molecule has 0 unspecified atom stereocenters. The van der Waals surface area contributed by atoms with Crippen LogP contribution in [0.25, 0.3) is 11.1 Å². The van der Waals surface area contributed by atoms with E-state index < -0.39 is 24.9 Å². The van der Waals surface area contributed by atoms with Gasteiger partial charge in [-0.05, 0) is 24.5 Å². The second-order valence-electron chi connectivity index (χ2n) is 8.27. The van der Waals surface area contributed by atoms with Crippen LogP contribution < -0.4 is 5.32 Å². The normalized spacial score (nSPS) is 15.8. The highest BCUT2D eigenvalue weighted by atomic mass is 32.3. The minimum atomic E-state index is -3.85. The van der Waals surface area contributed by atoms with Gasteiger partial charge in [0.05, 0.1) is 5.01 Å². The molecular weight excluding hydrogens is 494 g/mol. The minimum Gasteiger partial charge on any atom is -0.320 e. The molecule has 8 nitrogen and oxygen atoms in total. The van der Waals surface area contributed by atoms with E-state index in [1.165, 1.54) is 15.6 Å². The summed E-state index contributed by atoms with van der Waals surface area (Å²) in [7, 11) is -7.49. The third-order valence-electron chi connectivity index (χ3n) is 5.57. The predicted octanol–water partition coefficient (Wildman–Crippen LogP) is 3.57. The molecule has 0 spiro atoms. The maximum Gasteiger partial charge on any atom is 0.275 e. The molecule has 1 saturated heterocycles. The second kappa shape index (κ2) is 9.95. The number of nitrogens with one attached hydrogen (secondary N) is 1. The van der Waals surface area contributed by atoms with Gasteiger partial charge in [-0.1, -0.05) is 48.5 Å². The molecule has 1 amide bonds. The van der Waals surface area contributed by atoms with Crippen molar-refractivity contribution in [2.45, 2.75) is 18.8 Å². The zero-order valence-corrected chi connectivity index (χ0v) is 21.0. The van der Waals surface area contributed by atoms with Gasteiger partial charge in [0, 0.05) is 41.9 Å². The van der Waals surface area contributed by atoms with E-state index in [9.17, 15) is 21.6 Å². The number of sulfone groups is 1. The molecular formula is C23H25N3O5S3. The number of anilines is 1. The van der Waals surface area contributed by atoms with Gasteiger partial charge in [-0.2, -0.15) is 0 Å². The van der Waals surface area contributed by atoms with Gasteiger partial charge >= 0.3 is 0 Å². The van der Waals surface area contributed by atoms with Crippen molar-refractivity contribution >= 4 is 42.8 Å². The molecule has 1 N–H and O–H groups in total. The molecule has 4 rings (SSSR count). The first-order valence-electron chi connectivity index (χ1n) is 10.7. The molecule has 1 aliphatic rings. The molecule has 0 bridgehead atoms. The monoisotopic (exact) mass is 519 g/mol. The Hall–Kier alpha value is -2.60. The zero-order valence-electron chi connectivity index (χ0n) is 18.5. The number of piperidine rings is 1. The fraction of sp³-hybridized carbons (Fsp3) is 0.304. The third kappa shape index (κ3) is 5.90. The van der Waals surface area contributed by atoms with Crippen LogP contribution in [0.3, 0.4) is 0 Å². The summed E-state index contributed by atoms with van der Waals surface area (Å²) in [4.78, 5) is 17.4. The summed E-state index contributed by atoms with van der Waals surface area (Å²) in [5.41, 5.74) is 2.91. The summed E-state index contributed by atoms with van der Waals surface area (Å²) >= 11 is 1.38. The molecule has 2 heterocycles. The van der Waals surface area contributed by atoms with Gasteiger partial charge in [-0.25, -0.2) is 26.1 Å². The van der Waals surface area contributed by atoms with Crippen molar-refractivity contribution in [2.75, 3.05) is 29.7 Å². The Kier molecular flexibility index (Phi) is 7.17. The Morgan fingerprint density at radius 2 is 1.68 bits per heavy atom. The highest BCUT2D eigenvalue weighted by Crippen LogP contribution is 2.32. The molecule has 34 heavy (non-hydrogen) atoms. The Labute approximate surface area is 203 Å². The summed E-state index contributed by atoms with van der Waals surface area (Å²) in [5, 5.41) is 4.56. The van der Waals surface area contributed by atoms with Crippen molar-refractivity contribution < 1.29 is 21.6 Å². The van der Waals surface area contributed by atoms with E-state index in [0.717, 1.165) is 22.4 Å². The topological polar surface area (TPSA) is 114 Å². The molecule has 180 valence electrons. The molecule has 11 heteroatoms. The molecule has 0 aliphatic carbocycles. The van der Waals surface area contributed by atoms with Gasteiger partial charge in [0.25, 0.3) is 5.91 Å². The smallest absolute Gasteiger partial charge is 0.275 e. The molecule has 0 saturated carbocycles. The summed E-state index contributed by atoms with van der Waals surface area (Å²) in [6.45, 7) is 0.460. The van der Waals surface area contributed by atoms with Crippen LogP contribution in [0.5, 0.6) is 0 Å². The fourth-order valence-electron chi connectivity index (χ4n) is 3.95. The van der Waals surface area contributed by atoms with Crippen molar-refractivity contribution in [3.63, 3.8) is 0 Å². The largest absolute Gasteiger partial charge is 0.320 e. The number of thiazole rings is 1. The summed E-state index contributed by atoms with van der Waals surface area (Å²) in [6.07, 6.45) is 1.96. The summed E-state index contributed by atoms with van der Waals surface area (Å²) in [5.74, 6) is -0.285. The van der Waals surface area contributed by atoms with Gasteiger partial charge in [-0.3, -0.25) is 4.79 Å². The maximum absolute atomic E-state index is 12.9. The van der Waals surface area contributed by atoms with Crippen molar-refractivity contribution in [3.8, 4) is 11.1 Å².